The maximum atomic E-state index is 10.5. The van der Waals surface area contributed by atoms with Crippen LogP contribution in [-0.4, -0.2) is 25.5 Å². The zero-order valence-corrected chi connectivity index (χ0v) is 8.12. The van der Waals surface area contributed by atoms with Gasteiger partial charge in [-0.25, -0.2) is 0 Å². The highest BCUT2D eigenvalue weighted by atomic mass is 16.5. The quantitative estimate of drug-likeness (QED) is 0.609. The first-order valence-electron chi connectivity index (χ1n) is 4.41. The number of hydrogen-bond donors (Lipinski definition) is 1. The van der Waals surface area contributed by atoms with Gasteiger partial charge in [-0.3, -0.25) is 0 Å². The summed E-state index contributed by atoms with van der Waals surface area (Å²) in [6, 6.07) is -0.0276. The zero-order chi connectivity index (χ0) is 9.56. The number of carbonyl (C=O) groups excluding carboxylic acids is 1. The van der Waals surface area contributed by atoms with Crippen LogP contribution in [0.1, 0.15) is 26.7 Å². The molecule has 3 nitrogen and oxygen atoms in total. The Labute approximate surface area is 74.3 Å². The van der Waals surface area contributed by atoms with Crippen molar-refractivity contribution in [1.82, 2.24) is 0 Å². The molecule has 0 saturated heterocycles. The fourth-order valence-corrected chi connectivity index (χ4v) is 1.35. The normalized spacial score (nSPS) is 18.3. The Hall–Kier alpha value is -0.410. The minimum absolute atomic E-state index is 0.0276. The van der Waals surface area contributed by atoms with E-state index in [1.54, 1.807) is 7.11 Å². The molecule has 1 unspecified atom stereocenters. The van der Waals surface area contributed by atoms with Crippen LogP contribution in [0.25, 0.3) is 0 Å². The first kappa shape index (κ1) is 11.6. The highest BCUT2D eigenvalue weighted by molar-refractivity contribution is 5.54. The van der Waals surface area contributed by atoms with Gasteiger partial charge in [-0.05, 0) is 6.42 Å². The fraction of sp³-hybridized carbons (Fsp3) is 0.889. The van der Waals surface area contributed by atoms with E-state index in [0.717, 1.165) is 19.1 Å². The highest BCUT2D eigenvalue weighted by Crippen LogP contribution is 2.11. The molecule has 0 fully saturated rings. The summed E-state index contributed by atoms with van der Waals surface area (Å²) in [5, 5.41) is 0. The van der Waals surface area contributed by atoms with Gasteiger partial charge in [0.15, 0.2) is 0 Å². The molecule has 0 aromatic rings. The SMILES string of the molecule is CCC[C@H](N)C(OC)[C@@H](C)C=O. The average molecular weight is 173 g/mol. The third-order valence-electron chi connectivity index (χ3n) is 2.05. The van der Waals surface area contributed by atoms with Gasteiger partial charge in [0.25, 0.3) is 0 Å². The van der Waals surface area contributed by atoms with Gasteiger partial charge in [-0.15, -0.1) is 0 Å². The number of methoxy groups -OCH3 is 1. The van der Waals surface area contributed by atoms with Crippen molar-refractivity contribution < 1.29 is 9.53 Å². The van der Waals surface area contributed by atoms with Crippen molar-refractivity contribution in [2.24, 2.45) is 11.7 Å². The van der Waals surface area contributed by atoms with Crippen LogP contribution in [-0.2, 0) is 9.53 Å². The van der Waals surface area contributed by atoms with Gasteiger partial charge in [-0.1, -0.05) is 20.3 Å². The summed E-state index contributed by atoms with van der Waals surface area (Å²) in [7, 11) is 1.60. The van der Waals surface area contributed by atoms with E-state index >= 15 is 0 Å². The van der Waals surface area contributed by atoms with Crippen molar-refractivity contribution in [3.8, 4) is 0 Å². The molecule has 0 aliphatic carbocycles. The third kappa shape index (κ3) is 3.32. The summed E-state index contributed by atoms with van der Waals surface area (Å²) in [6.07, 6.45) is 2.68. The summed E-state index contributed by atoms with van der Waals surface area (Å²) < 4.78 is 5.16. The number of ether oxygens (including phenoxy) is 1. The van der Waals surface area contributed by atoms with Crippen molar-refractivity contribution >= 4 is 6.29 Å². The summed E-state index contributed by atoms with van der Waals surface area (Å²) in [5.41, 5.74) is 5.83. The van der Waals surface area contributed by atoms with Crippen molar-refractivity contribution in [2.75, 3.05) is 7.11 Å². The minimum atomic E-state index is -0.137. The van der Waals surface area contributed by atoms with Gasteiger partial charge < -0.3 is 15.3 Å². The predicted molar refractivity (Wildman–Crippen MR) is 48.9 cm³/mol. The molecule has 72 valence electrons. The number of rotatable bonds is 6. The predicted octanol–water partition coefficient (Wildman–Crippen LogP) is 0.964. The molecular formula is C9H19NO2. The Bertz CT molecular complexity index is 128. The van der Waals surface area contributed by atoms with E-state index < -0.39 is 0 Å². The van der Waals surface area contributed by atoms with Crippen LogP contribution in [0.2, 0.25) is 0 Å². The highest BCUT2D eigenvalue weighted by Gasteiger charge is 2.22. The molecule has 0 radical (unpaired) electrons. The molecule has 0 bridgehead atoms. The maximum Gasteiger partial charge on any atom is 0.125 e. The smallest absolute Gasteiger partial charge is 0.125 e. The second-order valence-electron chi connectivity index (χ2n) is 3.15. The molecular weight excluding hydrogens is 154 g/mol. The Morgan fingerprint density at radius 3 is 2.50 bits per heavy atom. The lowest BCUT2D eigenvalue weighted by Gasteiger charge is -2.24. The Morgan fingerprint density at radius 2 is 2.17 bits per heavy atom. The van der Waals surface area contributed by atoms with Gasteiger partial charge in [0.05, 0.1) is 6.10 Å². The Balaban J connectivity index is 4.02. The summed E-state index contributed by atoms with van der Waals surface area (Å²) in [4.78, 5) is 10.5. The largest absolute Gasteiger partial charge is 0.379 e. The molecule has 0 aliphatic heterocycles. The lowest BCUT2D eigenvalue weighted by Crippen LogP contribution is -2.40. The molecule has 0 saturated carbocycles. The van der Waals surface area contributed by atoms with Crippen LogP contribution >= 0.6 is 0 Å². The van der Waals surface area contributed by atoms with Crippen LogP contribution < -0.4 is 5.73 Å². The maximum absolute atomic E-state index is 10.5. The summed E-state index contributed by atoms with van der Waals surface area (Å²) >= 11 is 0. The van der Waals surface area contributed by atoms with Crippen LogP contribution in [0.4, 0.5) is 0 Å². The third-order valence-corrected chi connectivity index (χ3v) is 2.05. The van der Waals surface area contributed by atoms with Gasteiger partial charge in [0.1, 0.15) is 6.29 Å². The molecule has 3 heteroatoms. The first-order valence-corrected chi connectivity index (χ1v) is 4.41. The van der Waals surface area contributed by atoms with Crippen molar-refractivity contribution in [1.29, 1.82) is 0 Å². The fourth-order valence-electron chi connectivity index (χ4n) is 1.35. The molecule has 0 aromatic heterocycles. The molecule has 2 N–H and O–H groups in total. The van der Waals surface area contributed by atoms with E-state index in [-0.39, 0.29) is 18.1 Å². The van der Waals surface area contributed by atoms with Crippen LogP contribution in [0.5, 0.6) is 0 Å². The van der Waals surface area contributed by atoms with Gasteiger partial charge in [0, 0.05) is 19.1 Å². The minimum Gasteiger partial charge on any atom is -0.379 e. The Kier molecular flexibility index (Phi) is 5.93. The topological polar surface area (TPSA) is 52.3 Å². The van der Waals surface area contributed by atoms with Crippen molar-refractivity contribution in [2.45, 2.75) is 38.8 Å². The summed E-state index contributed by atoms with van der Waals surface area (Å²) in [5.74, 6) is -0.114. The van der Waals surface area contributed by atoms with Crippen LogP contribution in [0.3, 0.4) is 0 Å². The molecule has 0 aromatic carbocycles. The summed E-state index contributed by atoms with van der Waals surface area (Å²) in [6.45, 7) is 3.90. The molecule has 0 spiro atoms. The molecule has 12 heavy (non-hydrogen) atoms. The molecule has 0 heterocycles. The van der Waals surface area contributed by atoms with Crippen LogP contribution in [0, 0.1) is 5.92 Å². The van der Waals surface area contributed by atoms with Gasteiger partial charge in [0.2, 0.25) is 0 Å². The number of nitrogens with two attached hydrogens (primary N) is 1. The number of carbonyl (C=O) groups is 1. The van der Waals surface area contributed by atoms with E-state index in [2.05, 4.69) is 6.92 Å². The van der Waals surface area contributed by atoms with E-state index in [1.165, 1.54) is 0 Å². The van der Waals surface area contributed by atoms with Crippen molar-refractivity contribution in [3.05, 3.63) is 0 Å². The first-order chi connectivity index (χ1) is 5.67. The van der Waals surface area contributed by atoms with Gasteiger partial charge in [-0.2, -0.15) is 0 Å². The van der Waals surface area contributed by atoms with Crippen LogP contribution in [0.15, 0.2) is 0 Å². The Morgan fingerprint density at radius 1 is 1.58 bits per heavy atom. The van der Waals surface area contributed by atoms with E-state index in [4.69, 9.17) is 10.5 Å². The monoisotopic (exact) mass is 173 g/mol. The zero-order valence-electron chi connectivity index (χ0n) is 8.12. The van der Waals surface area contributed by atoms with Crippen molar-refractivity contribution in [3.63, 3.8) is 0 Å². The second kappa shape index (κ2) is 6.14. The average Bonchev–Trinajstić information content (AvgIpc) is 2.06. The second-order valence-corrected chi connectivity index (χ2v) is 3.15. The number of hydrogen-bond acceptors (Lipinski definition) is 3. The molecule has 0 rings (SSSR count). The number of aldehydes is 1. The standard InChI is InChI=1S/C9H19NO2/c1-4-5-8(10)9(12-3)7(2)6-11/h6-9H,4-5,10H2,1-3H3/t7-,8-,9?/m0/s1. The molecule has 0 aliphatic rings. The lowest BCUT2D eigenvalue weighted by molar-refractivity contribution is -0.115. The molecule has 0 amide bonds. The molecule has 3 atom stereocenters. The van der Waals surface area contributed by atoms with E-state index in [0.29, 0.717) is 0 Å². The van der Waals surface area contributed by atoms with E-state index in [9.17, 15) is 4.79 Å². The van der Waals surface area contributed by atoms with E-state index in [1.807, 2.05) is 6.92 Å². The lowest BCUT2D eigenvalue weighted by atomic mass is 9.96. The van der Waals surface area contributed by atoms with Gasteiger partial charge >= 0.3 is 0 Å².